The molecule has 0 amide bonds. The van der Waals surface area contributed by atoms with Crippen LogP contribution in [0.4, 0.5) is 8.78 Å². The molecule has 0 atom stereocenters. The van der Waals surface area contributed by atoms with Gasteiger partial charge in [-0.15, -0.1) is 0 Å². The Bertz CT molecular complexity index is 2310. The van der Waals surface area contributed by atoms with Gasteiger partial charge in [-0.2, -0.15) is 0 Å². The van der Waals surface area contributed by atoms with Crippen LogP contribution in [0.2, 0.25) is 0 Å². The lowest BCUT2D eigenvalue weighted by atomic mass is 9.99. The lowest BCUT2D eigenvalue weighted by Gasteiger charge is -2.17. The molecule has 8 aromatic rings. The Morgan fingerprint density at radius 2 is 0.979 bits per heavy atom. The van der Waals surface area contributed by atoms with Crippen molar-refractivity contribution in [3.05, 3.63) is 156 Å². The summed E-state index contributed by atoms with van der Waals surface area (Å²) in [6.07, 6.45) is 0. The number of rotatable bonds is 5. The van der Waals surface area contributed by atoms with Gasteiger partial charge in [-0.3, -0.25) is 0 Å². The zero-order chi connectivity index (χ0) is 32.1. The highest BCUT2D eigenvalue weighted by Gasteiger charge is 2.22. The van der Waals surface area contributed by atoms with E-state index < -0.39 is 11.6 Å². The van der Waals surface area contributed by atoms with Gasteiger partial charge in [0.05, 0.1) is 22.3 Å². The molecule has 6 heteroatoms. The number of aromatic nitrogens is 4. The molecule has 0 saturated heterocycles. The van der Waals surface area contributed by atoms with Gasteiger partial charge in [0, 0.05) is 27.5 Å². The quantitative estimate of drug-likeness (QED) is 0.194. The molecule has 47 heavy (non-hydrogen) atoms. The Hall–Kier alpha value is -6.01. The number of aryl methyl sites for hydroxylation is 2. The third kappa shape index (κ3) is 5.04. The maximum absolute atomic E-state index is 15.2. The van der Waals surface area contributed by atoms with E-state index in [1.54, 1.807) is 12.1 Å². The smallest absolute Gasteiger partial charge is 0.166 e. The first kappa shape index (κ1) is 28.5. The van der Waals surface area contributed by atoms with Crippen molar-refractivity contribution in [1.82, 2.24) is 19.5 Å². The molecule has 2 heterocycles. The van der Waals surface area contributed by atoms with E-state index in [1.165, 1.54) is 18.2 Å². The van der Waals surface area contributed by atoms with Crippen LogP contribution in [-0.4, -0.2) is 19.5 Å². The molecular formula is C41H28F2N4. The molecule has 0 bridgehead atoms. The average molecular weight is 615 g/mol. The van der Waals surface area contributed by atoms with E-state index in [0.717, 1.165) is 49.7 Å². The van der Waals surface area contributed by atoms with Crippen LogP contribution < -0.4 is 0 Å². The van der Waals surface area contributed by atoms with E-state index >= 15 is 8.78 Å². The fraction of sp³-hybridized carbons (Fsp3) is 0.0488. The van der Waals surface area contributed by atoms with E-state index in [0.29, 0.717) is 28.6 Å². The topological polar surface area (TPSA) is 43.6 Å². The van der Waals surface area contributed by atoms with Gasteiger partial charge < -0.3 is 4.57 Å². The summed E-state index contributed by atoms with van der Waals surface area (Å²) in [4.78, 5) is 14.9. The Morgan fingerprint density at radius 3 is 1.51 bits per heavy atom. The predicted octanol–water partition coefficient (Wildman–Crippen LogP) is 10.5. The minimum Gasteiger partial charge on any atom is -0.308 e. The molecule has 8 rings (SSSR count). The van der Waals surface area contributed by atoms with Gasteiger partial charge in [-0.1, -0.05) is 97.1 Å². The van der Waals surface area contributed by atoms with Gasteiger partial charge in [-0.25, -0.2) is 23.7 Å². The van der Waals surface area contributed by atoms with Crippen LogP contribution in [0.25, 0.3) is 72.8 Å². The van der Waals surface area contributed by atoms with Crippen molar-refractivity contribution in [2.24, 2.45) is 0 Å². The van der Waals surface area contributed by atoms with Crippen LogP contribution in [-0.2, 0) is 0 Å². The Morgan fingerprint density at radius 1 is 0.468 bits per heavy atom. The summed E-state index contributed by atoms with van der Waals surface area (Å²) < 4.78 is 32.7. The number of hydrogen-bond acceptors (Lipinski definition) is 3. The zero-order valence-corrected chi connectivity index (χ0v) is 25.7. The molecule has 6 aromatic carbocycles. The van der Waals surface area contributed by atoms with Crippen molar-refractivity contribution >= 4 is 21.8 Å². The van der Waals surface area contributed by atoms with Crippen LogP contribution in [0.1, 0.15) is 11.1 Å². The van der Waals surface area contributed by atoms with Crippen molar-refractivity contribution in [3.63, 3.8) is 0 Å². The lowest BCUT2D eigenvalue weighted by Crippen LogP contribution is -2.04. The van der Waals surface area contributed by atoms with Crippen LogP contribution in [0.3, 0.4) is 0 Å². The standard InChI is InChI=1S/C41H28F2N4/c1-25-16-19-30-31-20-17-26(2)23-37(31)47(36(30)22-25)35-21-18-29(38-33(42)14-9-15-34(38)43)24-32(35)41-45-39(27-10-5-3-6-11-27)44-40(46-41)28-12-7-4-8-13-28/h3-24H,1-2H3. The summed E-state index contributed by atoms with van der Waals surface area (Å²) in [7, 11) is 0. The lowest BCUT2D eigenvalue weighted by molar-refractivity contribution is 0.589. The van der Waals surface area contributed by atoms with Crippen molar-refractivity contribution in [3.8, 4) is 51.0 Å². The second-order valence-electron chi connectivity index (χ2n) is 11.7. The van der Waals surface area contributed by atoms with Crippen LogP contribution >= 0.6 is 0 Å². The highest BCUT2D eigenvalue weighted by Crippen LogP contribution is 2.39. The number of benzene rings is 6. The summed E-state index contributed by atoms with van der Waals surface area (Å²) in [5.41, 5.74) is 7.59. The van der Waals surface area contributed by atoms with Gasteiger partial charge in [-0.05, 0) is 66.9 Å². The molecule has 0 saturated carbocycles. The van der Waals surface area contributed by atoms with E-state index in [2.05, 4.69) is 54.8 Å². The largest absolute Gasteiger partial charge is 0.308 e. The van der Waals surface area contributed by atoms with Crippen LogP contribution in [0.5, 0.6) is 0 Å². The average Bonchev–Trinajstić information content (AvgIpc) is 3.40. The number of nitrogens with zero attached hydrogens (tertiary/aromatic N) is 4. The summed E-state index contributed by atoms with van der Waals surface area (Å²) in [6, 6.07) is 41.7. The minimum atomic E-state index is -0.641. The van der Waals surface area contributed by atoms with Crippen molar-refractivity contribution in [2.45, 2.75) is 13.8 Å². The molecule has 0 radical (unpaired) electrons. The fourth-order valence-electron chi connectivity index (χ4n) is 6.27. The van der Waals surface area contributed by atoms with Gasteiger partial charge in [0.2, 0.25) is 0 Å². The van der Waals surface area contributed by atoms with Crippen LogP contribution in [0.15, 0.2) is 133 Å². The second kappa shape index (κ2) is 11.4. The maximum atomic E-state index is 15.2. The van der Waals surface area contributed by atoms with Crippen molar-refractivity contribution in [2.75, 3.05) is 0 Å². The van der Waals surface area contributed by atoms with Crippen LogP contribution in [0, 0.1) is 25.5 Å². The van der Waals surface area contributed by atoms with Crippen molar-refractivity contribution < 1.29 is 8.78 Å². The molecule has 0 N–H and O–H groups in total. The normalized spacial score (nSPS) is 11.4. The highest BCUT2D eigenvalue weighted by molar-refractivity contribution is 6.10. The molecule has 2 aromatic heterocycles. The minimum absolute atomic E-state index is 0.102. The first-order valence-electron chi connectivity index (χ1n) is 15.4. The molecule has 0 fully saturated rings. The summed E-state index contributed by atoms with van der Waals surface area (Å²) in [5.74, 6) is 0.102. The van der Waals surface area contributed by atoms with Gasteiger partial charge in [0.15, 0.2) is 17.5 Å². The second-order valence-corrected chi connectivity index (χ2v) is 11.7. The number of halogens is 2. The Labute approximate surface area is 270 Å². The summed E-state index contributed by atoms with van der Waals surface area (Å²) in [5, 5.41) is 2.21. The van der Waals surface area contributed by atoms with Gasteiger partial charge >= 0.3 is 0 Å². The van der Waals surface area contributed by atoms with Gasteiger partial charge in [0.1, 0.15) is 11.6 Å². The third-order valence-corrected chi connectivity index (χ3v) is 8.51. The SMILES string of the molecule is Cc1ccc2c3ccc(C)cc3n(-c3ccc(-c4c(F)cccc4F)cc3-c3nc(-c4ccccc4)nc(-c4ccccc4)n3)c2c1. The first-order valence-corrected chi connectivity index (χ1v) is 15.4. The van der Waals surface area contributed by atoms with Gasteiger partial charge in [0.25, 0.3) is 0 Å². The fourth-order valence-corrected chi connectivity index (χ4v) is 6.27. The Kier molecular flexibility index (Phi) is 6.91. The molecule has 0 aliphatic heterocycles. The number of hydrogen-bond donors (Lipinski definition) is 0. The van der Waals surface area contributed by atoms with Crippen molar-refractivity contribution in [1.29, 1.82) is 0 Å². The predicted molar refractivity (Wildman–Crippen MR) is 185 cm³/mol. The maximum Gasteiger partial charge on any atom is 0.166 e. The van der Waals surface area contributed by atoms with E-state index in [9.17, 15) is 0 Å². The molecule has 4 nitrogen and oxygen atoms in total. The summed E-state index contributed by atoms with van der Waals surface area (Å²) in [6.45, 7) is 4.14. The Balaban J connectivity index is 1.49. The molecule has 0 spiro atoms. The van der Waals surface area contributed by atoms with E-state index in [4.69, 9.17) is 15.0 Å². The first-order chi connectivity index (χ1) is 22.9. The highest BCUT2D eigenvalue weighted by atomic mass is 19.1. The molecule has 0 aliphatic carbocycles. The number of fused-ring (bicyclic) bond motifs is 3. The third-order valence-electron chi connectivity index (χ3n) is 8.51. The summed E-state index contributed by atoms with van der Waals surface area (Å²) >= 11 is 0. The molecule has 0 unspecified atom stereocenters. The monoisotopic (exact) mass is 614 g/mol. The zero-order valence-electron chi connectivity index (χ0n) is 25.7. The van der Waals surface area contributed by atoms with E-state index in [-0.39, 0.29) is 5.56 Å². The molecule has 0 aliphatic rings. The molecule has 226 valence electrons. The molecular weight excluding hydrogens is 586 g/mol. The van der Waals surface area contributed by atoms with E-state index in [1.807, 2.05) is 66.7 Å².